The highest BCUT2D eigenvalue weighted by molar-refractivity contribution is 9.10. The van der Waals surface area contributed by atoms with Gasteiger partial charge in [0.1, 0.15) is 6.04 Å². The van der Waals surface area contributed by atoms with Crippen LogP contribution >= 0.6 is 15.9 Å². The molecule has 3 nitrogen and oxygen atoms in total. The molecule has 0 amide bonds. The van der Waals surface area contributed by atoms with E-state index in [0.29, 0.717) is 6.42 Å². The summed E-state index contributed by atoms with van der Waals surface area (Å²) in [6.45, 7) is 0. The molecule has 0 aliphatic rings. The first kappa shape index (κ1) is 12.2. The van der Waals surface area contributed by atoms with Crippen molar-refractivity contribution in [2.24, 2.45) is 0 Å². The van der Waals surface area contributed by atoms with Gasteiger partial charge in [-0.15, -0.1) is 0 Å². The molecule has 0 radical (unpaired) electrons. The van der Waals surface area contributed by atoms with Crippen molar-refractivity contribution in [1.29, 1.82) is 0 Å². The molecule has 1 aromatic carbocycles. The Morgan fingerprint density at radius 1 is 1.40 bits per heavy atom. The summed E-state index contributed by atoms with van der Waals surface area (Å²) in [5, 5.41) is 9.01. The summed E-state index contributed by atoms with van der Waals surface area (Å²) >= 11 is 3.34. The van der Waals surface area contributed by atoms with Gasteiger partial charge in [-0.05, 0) is 38.2 Å². The molecule has 0 spiro atoms. The number of halogens is 1. The molecule has 0 saturated heterocycles. The summed E-state index contributed by atoms with van der Waals surface area (Å²) < 4.78 is 1.00. The summed E-state index contributed by atoms with van der Waals surface area (Å²) in [4.78, 5) is 12.7. The molecule has 1 rings (SSSR count). The van der Waals surface area contributed by atoms with Crippen LogP contribution in [0.5, 0.6) is 0 Å². The first-order valence-corrected chi connectivity index (χ1v) is 5.43. The normalized spacial score (nSPS) is 12.8. The molecule has 0 aliphatic heterocycles. The van der Waals surface area contributed by atoms with Crippen molar-refractivity contribution in [1.82, 2.24) is 4.90 Å². The number of hydrogen-bond acceptors (Lipinski definition) is 2. The summed E-state index contributed by atoms with van der Waals surface area (Å²) in [5.74, 6) is -0.789. The lowest BCUT2D eigenvalue weighted by molar-refractivity contribution is -0.142. The standard InChI is InChI=1S/C11H14BrNO2/c1-13(2)10(11(14)15)7-8-3-5-9(12)6-4-8/h3-6,10H,7H2,1-2H3,(H,14,15)/t10-/m1/s1. The lowest BCUT2D eigenvalue weighted by atomic mass is 10.1. The van der Waals surface area contributed by atoms with E-state index in [1.165, 1.54) is 0 Å². The quantitative estimate of drug-likeness (QED) is 0.911. The van der Waals surface area contributed by atoms with Crippen molar-refractivity contribution in [3.8, 4) is 0 Å². The second-order valence-electron chi connectivity index (χ2n) is 3.65. The number of carboxylic acids is 1. The van der Waals surface area contributed by atoms with E-state index in [2.05, 4.69) is 15.9 Å². The average Bonchev–Trinajstić information content (AvgIpc) is 2.15. The van der Waals surface area contributed by atoms with Crippen molar-refractivity contribution < 1.29 is 9.90 Å². The van der Waals surface area contributed by atoms with Crippen LogP contribution in [0.15, 0.2) is 28.7 Å². The van der Waals surface area contributed by atoms with Crippen LogP contribution < -0.4 is 0 Å². The lowest BCUT2D eigenvalue weighted by Gasteiger charge is -2.19. The minimum Gasteiger partial charge on any atom is -0.480 e. The van der Waals surface area contributed by atoms with Gasteiger partial charge < -0.3 is 5.11 Å². The van der Waals surface area contributed by atoms with E-state index in [1.54, 1.807) is 19.0 Å². The molecule has 0 aliphatic carbocycles. The van der Waals surface area contributed by atoms with Crippen molar-refractivity contribution in [3.63, 3.8) is 0 Å². The van der Waals surface area contributed by atoms with E-state index in [4.69, 9.17) is 5.11 Å². The van der Waals surface area contributed by atoms with Crippen molar-refractivity contribution in [3.05, 3.63) is 34.3 Å². The Bertz CT molecular complexity index is 335. The van der Waals surface area contributed by atoms with E-state index in [9.17, 15) is 4.79 Å². The molecule has 0 saturated carbocycles. The van der Waals surface area contributed by atoms with E-state index >= 15 is 0 Å². The van der Waals surface area contributed by atoms with Gasteiger partial charge in [-0.1, -0.05) is 28.1 Å². The third-order valence-corrected chi connectivity index (χ3v) is 2.78. The predicted octanol–water partition coefficient (Wildman–Crippen LogP) is 2.01. The molecule has 0 unspecified atom stereocenters. The van der Waals surface area contributed by atoms with E-state index < -0.39 is 12.0 Å². The van der Waals surface area contributed by atoms with Gasteiger partial charge in [0.2, 0.25) is 0 Å². The van der Waals surface area contributed by atoms with Crippen LogP contribution in [0.25, 0.3) is 0 Å². The molecule has 1 N–H and O–H groups in total. The largest absolute Gasteiger partial charge is 0.480 e. The van der Waals surface area contributed by atoms with Crippen molar-refractivity contribution >= 4 is 21.9 Å². The molecule has 0 heterocycles. The first-order chi connectivity index (χ1) is 7.00. The number of hydrogen-bond donors (Lipinski definition) is 1. The van der Waals surface area contributed by atoms with Crippen LogP contribution in [0.2, 0.25) is 0 Å². The third kappa shape index (κ3) is 3.64. The second-order valence-corrected chi connectivity index (χ2v) is 4.56. The zero-order chi connectivity index (χ0) is 11.4. The maximum Gasteiger partial charge on any atom is 0.321 e. The third-order valence-electron chi connectivity index (χ3n) is 2.25. The fourth-order valence-corrected chi connectivity index (χ4v) is 1.60. The molecule has 82 valence electrons. The SMILES string of the molecule is CN(C)[C@H](Cc1ccc(Br)cc1)C(=O)O. The Balaban J connectivity index is 2.74. The van der Waals surface area contributed by atoms with Crippen LogP contribution in [0.3, 0.4) is 0 Å². The lowest BCUT2D eigenvalue weighted by Crippen LogP contribution is -2.37. The minimum atomic E-state index is -0.789. The first-order valence-electron chi connectivity index (χ1n) is 4.64. The van der Waals surface area contributed by atoms with Gasteiger partial charge in [-0.3, -0.25) is 9.69 Å². The second kappa shape index (κ2) is 5.28. The Morgan fingerprint density at radius 3 is 2.33 bits per heavy atom. The summed E-state index contributed by atoms with van der Waals surface area (Å²) in [5.41, 5.74) is 1.03. The number of carboxylic acid groups (broad SMARTS) is 1. The van der Waals surface area contributed by atoms with Crippen LogP contribution in [0.4, 0.5) is 0 Å². The molecule has 1 atom stereocenters. The number of nitrogens with zero attached hydrogens (tertiary/aromatic N) is 1. The number of rotatable bonds is 4. The summed E-state index contributed by atoms with van der Waals surface area (Å²) in [6.07, 6.45) is 0.523. The maximum absolute atomic E-state index is 11.0. The van der Waals surface area contributed by atoms with Crippen molar-refractivity contribution in [2.75, 3.05) is 14.1 Å². The molecular weight excluding hydrogens is 258 g/mol. The molecule has 15 heavy (non-hydrogen) atoms. The van der Waals surface area contributed by atoms with Crippen LogP contribution in [-0.2, 0) is 11.2 Å². The van der Waals surface area contributed by atoms with Crippen molar-refractivity contribution in [2.45, 2.75) is 12.5 Å². The molecule has 4 heteroatoms. The summed E-state index contributed by atoms with van der Waals surface area (Å²) in [6, 6.07) is 7.24. The Morgan fingerprint density at radius 2 is 1.93 bits per heavy atom. The highest BCUT2D eigenvalue weighted by Gasteiger charge is 2.19. The van der Waals surface area contributed by atoms with Crippen LogP contribution in [-0.4, -0.2) is 36.1 Å². The number of aliphatic carboxylic acids is 1. The summed E-state index contributed by atoms with van der Waals surface area (Å²) in [7, 11) is 3.55. The topological polar surface area (TPSA) is 40.5 Å². The smallest absolute Gasteiger partial charge is 0.321 e. The maximum atomic E-state index is 11.0. The molecule has 1 aromatic rings. The van der Waals surface area contributed by atoms with Gasteiger partial charge in [0.15, 0.2) is 0 Å². The van der Waals surface area contributed by atoms with E-state index in [0.717, 1.165) is 10.0 Å². The molecule has 0 aromatic heterocycles. The zero-order valence-electron chi connectivity index (χ0n) is 8.77. The fourth-order valence-electron chi connectivity index (χ4n) is 1.33. The van der Waals surface area contributed by atoms with Gasteiger partial charge in [0.05, 0.1) is 0 Å². The molecule has 0 bridgehead atoms. The highest BCUT2D eigenvalue weighted by atomic mass is 79.9. The highest BCUT2D eigenvalue weighted by Crippen LogP contribution is 2.13. The van der Waals surface area contributed by atoms with Gasteiger partial charge in [-0.25, -0.2) is 0 Å². The number of benzene rings is 1. The molecule has 0 fully saturated rings. The average molecular weight is 272 g/mol. The van der Waals surface area contributed by atoms with Gasteiger partial charge in [0.25, 0.3) is 0 Å². The molecular formula is C11H14BrNO2. The van der Waals surface area contributed by atoms with E-state index in [1.807, 2.05) is 24.3 Å². The van der Waals surface area contributed by atoms with Crippen LogP contribution in [0.1, 0.15) is 5.56 Å². The zero-order valence-corrected chi connectivity index (χ0v) is 10.4. The number of likely N-dealkylation sites (N-methyl/N-ethyl adjacent to an activating group) is 1. The van der Waals surface area contributed by atoms with Crippen LogP contribution in [0, 0.1) is 0 Å². The number of carbonyl (C=O) groups is 1. The fraction of sp³-hybridized carbons (Fsp3) is 0.364. The van der Waals surface area contributed by atoms with Gasteiger partial charge in [0, 0.05) is 4.47 Å². The Hall–Kier alpha value is -0.870. The van der Waals surface area contributed by atoms with E-state index in [-0.39, 0.29) is 0 Å². The Labute approximate surface area is 97.8 Å². The monoisotopic (exact) mass is 271 g/mol. The van der Waals surface area contributed by atoms with Gasteiger partial charge in [-0.2, -0.15) is 0 Å². The predicted molar refractivity (Wildman–Crippen MR) is 63.0 cm³/mol. The Kier molecular flexibility index (Phi) is 4.29. The van der Waals surface area contributed by atoms with Gasteiger partial charge >= 0.3 is 5.97 Å². The minimum absolute atomic E-state index is 0.467.